The van der Waals surface area contributed by atoms with Crippen molar-refractivity contribution in [2.45, 2.75) is 13.0 Å². The molecule has 8 heteroatoms. The predicted molar refractivity (Wildman–Crippen MR) is 109 cm³/mol. The molecule has 0 spiro atoms. The molecule has 0 aliphatic heterocycles. The van der Waals surface area contributed by atoms with E-state index in [1.807, 2.05) is 6.07 Å². The molecule has 0 aromatic heterocycles. The molecule has 0 unspecified atom stereocenters. The smallest absolute Gasteiger partial charge is 0.412 e. The molecule has 0 radical (unpaired) electrons. The maximum atomic E-state index is 12.4. The van der Waals surface area contributed by atoms with Crippen molar-refractivity contribution in [1.29, 1.82) is 5.26 Å². The predicted octanol–water partition coefficient (Wildman–Crippen LogP) is 3.50. The van der Waals surface area contributed by atoms with Crippen molar-refractivity contribution in [3.8, 4) is 11.8 Å². The molecule has 0 saturated carbocycles. The lowest BCUT2D eigenvalue weighted by Gasteiger charge is -2.23. The van der Waals surface area contributed by atoms with Gasteiger partial charge in [-0.25, -0.2) is 9.59 Å². The topological polar surface area (TPSA) is 129 Å². The average Bonchev–Trinajstić information content (AvgIpc) is 2.75. The highest BCUT2D eigenvalue weighted by Gasteiger charge is 2.22. The fourth-order valence-corrected chi connectivity index (χ4v) is 2.62. The van der Waals surface area contributed by atoms with E-state index >= 15 is 0 Å². The van der Waals surface area contributed by atoms with Crippen LogP contribution in [-0.4, -0.2) is 35.5 Å². The summed E-state index contributed by atoms with van der Waals surface area (Å²) in [4.78, 5) is 23.3. The fourth-order valence-electron chi connectivity index (χ4n) is 2.62. The Kier molecular flexibility index (Phi) is 8.41. The highest BCUT2D eigenvalue weighted by Crippen LogP contribution is 2.29. The minimum absolute atomic E-state index is 0.111. The van der Waals surface area contributed by atoms with Gasteiger partial charge in [0.05, 0.1) is 18.2 Å². The number of carbonyl (C=O) groups excluding carboxylic acids is 1. The van der Waals surface area contributed by atoms with Crippen LogP contribution in [-0.2, 0) is 9.53 Å². The normalized spacial score (nSPS) is 12.6. The molecular formula is C22H22N2O6. The first-order chi connectivity index (χ1) is 14.4. The summed E-state index contributed by atoms with van der Waals surface area (Å²) in [5.41, 5.74) is 1.56. The quantitative estimate of drug-likeness (QED) is 0.540. The number of hydrogen-bond acceptors (Lipinski definition) is 6. The summed E-state index contributed by atoms with van der Waals surface area (Å²) < 4.78 is 10.9. The minimum Gasteiger partial charge on any atom is -0.491 e. The highest BCUT2D eigenvalue weighted by molar-refractivity contribution is 5.85. The van der Waals surface area contributed by atoms with E-state index in [-0.39, 0.29) is 13.2 Å². The van der Waals surface area contributed by atoms with Crippen molar-refractivity contribution in [2.75, 3.05) is 18.5 Å². The van der Waals surface area contributed by atoms with Gasteiger partial charge in [-0.1, -0.05) is 25.1 Å². The summed E-state index contributed by atoms with van der Waals surface area (Å²) >= 11 is 0. The minimum atomic E-state index is -1.10. The number of rotatable bonds is 9. The van der Waals surface area contributed by atoms with E-state index in [0.29, 0.717) is 22.6 Å². The summed E-state index contributed by atoms with van der Waals surface area (Å²) in [6, 6.07) is 15.0. The molecule has 1 amide bonds. The molecule has 2 aromatic rings. The van der Waals surface area contributed by atoms with E-state index in [1.165, 1.54) is 6.08 Å². The van der Waals surface area contributed by atoms with Crippen LogP contribution < -0.4 is 10.1 Å². The molecule has 3 N–H and O–H groups in total. The van der Waals surface area contributed by atoms with Gasteiger partial charge in [0.15, 0.2) is 0 Å². The first-order valence-electron chi connectivity index (χ1n) is 9.15. The molecule has 30 heavy (non-hydrogen) atoms. The largest absolute Gasteiger partial charge is 0.491 e. The molecule has 0 aliphatic rings. The van der Waals surface area contributed by atoms with E-state index in [9.17, 15) is 9.59 Å². The number of carboxylic acids is 1. The Morgan fingerprint density at radius 2 is 1.83 bits per heavy atom. The Bertz CT molecular complexity index is 916. The maximum absolute atomic E-state index is 12.4. The lowest BCUT2D eigenvalue weighted by Crippen LogP contribution is -2.21. The molecule has 8 nitrogen and oxygen atoms in total. The van der Waals surface area contributed by atoms with Crippen LogP contribution >= 0.6 is 0 Å². The average molecular weight is 410 g/mol. The number of anilines is 1. The van der Waals surface area contributed by atoms with Gasteiger partial charge in [0.25, 0.3) is 0 Å². The van der Waals surface area contributed by atoms with Crippen molar-refractivity contribution in [1.82, 2.24) is 0 Å². The molecule has 156 valence electrons. The number of amides is 1. The number of aliphatic hydroxyl groups is 1. The first kappa shape index (κ1) is 22.5. The van der Waals surface area contributed by atoms with E-state index in [2.05, 4.69) is 5.32 Å². The van der Waals surface area contributed by atoms with E-state index in [0.717, 1.165) is 6.08 Å². The van der Waals surface area contributed by atoms with Crippen LogP contribution in [0.3, 0.4) is 0 Å². The van der Waals surface area contributed by atoms with Gasteiger partial charge in [-0.15, -0.1) is 0 Å². The second-order valence-electron chi connectivity index (χ2n) is 6.34. The Morgan fingerprint density at radius 1 is 1.17 bits per heavy atom. The molecule has 0 heterocycles. The summed E-state index contributed by atoms with van der Waals surface area (Å²) in [7, 11) is 0. The zero-order valence-electron chi connectivity index (χ0n) is 16.3. The van der Waals surface area contributed by atoms with Crippen LogP contribution in [0.5, 0.6) is 5.75 Å². The van der Waals surface area contributed by atoms with Gasteiger partial charge in [-0.3, -0.25) is 5.32 Å². The molecule has 2 aromatic carbocycles. The van der Waals surface area contributed by atoms with E-state index in [4.69, 9.17) is 24.9 Å². The van der Waals surface area contributed by atoms with Crippen molar-refractivity contribution >= 4 is 17.7 Å². The van der Waals surface area contributed by atoms with Gasteiger partial charge < -0.3 is 19.7 Å². The number of benzene rings is 2. The van der Waals surface area contributed by atoms with Crippen molar-refractivity contribution in [2.24, 2.45) is 5.92 Å². The Labute approximate surface area is 174 Å². The molecule has 0 bridgehead atoms. The number of hydrogen-bond donors (Lipinski definition) is 3. The Morgan fingerprint density at radius 3 is 2.40 bits per heavy atom. The van der Waals surface area contributed by atoms with Gasteiger partial charge in [0, 0.05) is 17.7 Å². The monoisotopic (exact) mass is 410 g/mol. The number of ether oxygens (including phenoxy) is 2. The fraction of sp³-hybridized carbons (Fsp3) is 0.227. The van der Waals surface area contributed by atoms with Crippen molar-refractivity contribution in [3.05, 3.63) is 71.8 Å². The van der Waals surface area contributed by atoms with Gasteiger partial charge in [0.2, 0.25) is 0 Å². The third kappa shape index (κ3) is 6.96. The zero-order chi connectivity index (χ0) is 21.9. The van der Waals surface area contributed by atoms with Crippen LogP contribution in [0.25, 0.3) is 0 Å². The summed E-state index contributed by atoms with van der Waals surface area (Å²) in [6.45, 7) is 1.78. The Balaban J connectivity index is 2.16. The summed E-state index contributed by atoms with van der Waals surface area (Å²) in [5.74, 6) is -0.991. The molecule has 2 rings (SSSR count). The van der Waals surface area contributed by atoms with Crippen LogP contribution in [0.1, 0.15) is 24.2 Å². The lowest BCUT2D eigenvalue weighted by molar-refractivity contribution is -0.131. The summed E-state index contributed by atoms with van der Waals surface area (Å²) in [6.07, 6.45) is 0.961. The second kappa shape index (κ2) is 11.2. The number of nitrogens with one attached hydrogen (secondary N) is 1. The second-order valence-corrected chi connectivity index (χ2v) is 6.34. The number of carbonyl (C=O) groups is 2. The van der Waals surface area contributed by atoms with E-state index in [1.54, 1.807) is 55.5 Å². The molecule has 0 aliphatic carbocycles. The van der Waals surface area contributed by atoms with Gasteiger partial charge in [-0.2, -0.15) is 5.26 Å². The van der Waals surface area contributed by atoms with Crippen LogP contribution in [0.15, 0.2) is 60.7 Å². The third-order valence-electron chi connectivity index (χ3n) is 4.08. The van der Waals surface area contributed by atoms with Crippen LogP contribution in [0.2, 0.25) is 0 Å². The van der Waals surface area contributed by atoms with E-state index < -0.39 is 24.1 Å². The lowest BCUT2D eigenvalue weighted by atomic mass is 9.96. The molecule has 2 atom stereocenters. The molecule has 0 saturated heterocycles. The number of nitrogens with zero attached hydrogens (tertiary/aromatic N) is 1. The molecular weight excluding hydrogens is 388 g/mol. The third-order valence-corrected chi connectivity index (χ3v) is 4.08. The van der Waals surface area contributed by atoms with Gasteiger partial charge >= 0.3 is 12.1 Å². The SMILES string of the molecule is C[C@H](/C=C/C(=O)O)[C@@H](OC(=O)Nc1ccc(C#N)cc1)c1ccc(OCCO)cc1. The number of carboxylic acid groups (broad SMARTS) is 1. The number of aliphatic hydroxyl groups excluding tert-OH is 1. The zero-order valence-corrected chi connectivity index (χ0v) is 16.3. The standard InChI is InChI=1S/C22H22N2O6/c1-15(2-11-20(26)27)21(17-5-9-19(10-6-17)29-13-12-25)30-22(28)24-18-7-3-16(14-23)4-8-18/h2-11,15,21,25H,12-13H2,1H3,(H,24,28)(H,26,27)/b11-2+/t15-,21-/m1/s1. The van der Waals surface area contributed by atoms with Gasteiger partial charge in [0.1, 0.15) is 18.5 Å². The van der Waals surface area contributed by atoms with Crippen LogP contribution in [0.4, 0.5) is 10.5 Å². The van der Waals surface area contributed by atoms with Crippen LogP contribution in [0, 0.1) is 17.2 Å². The molecule has 0 fully saturated rings. The van der Waals surface area contributed by atoms with Crippen molar-refractivity contribution in [3.63, 3.8) is 0 Å². The highest BCUT2D eigenvalue weighted by atomic mass is 16.6. The van der Waals surface area contributed by atoms with Crippen molar-refractivity contribution < 1.29 is 29.3 Å². The van der Waals surface area contributed by atoms with Gasteiger partial charge in [-0.05, 0) is 42.0 Å². The number of nitriles is 1. The summed E-state index contributed by atoms with van der Waals surface area (Å²) in [5, 5.41) is 29.2. The Hall–Kier alpha value is -3.83. The first-order valence-corrected chi connectivity index (χ1v) is 9.15. The number of aliphatic carboxylic acids is 1. The maximum Gasteiger partial charge on any atom is 0.412 e.